The molecule has 1 heterocycles. The summed E-state index contributed by atoms with van der Waals surface area (Å²) in [6, 6.07) is 18.4. The second kappa shape index (κ2) is 6.69. The van der Waals surface area contributed by atoms with E-state index in [0.717, 1.165) is 35.3 Å². The Hall–Kier alpha value is -2.55. The van der Waals surface area contributed by atoms with Crippen molar-refractivity contribution in [1.82, 2.24) is 4.98 Å². The maximum Gasteiger partial charge on any atom is 0.227 e. The minimum Gasteiger partial charge on any atom is -0.355 e. The van der Waals surface area contributed by atoms with Crippen LogP contribution < -0.4 is 5.32 Å². The fourth-order valence-corrected chi connectivity index (χ4v) is 2.87. The maximum absolute atomic E-state index is 12.1. The normalized spacial score (nSPS) is 11.1. The third kappa shape index (κ3) is 3.29. The minimum atomic E-state index is 0.0865. The van der Waals surface area contributed by atoms with Crippen molar-refractivity contribution >= 4 is 22.5 Å². The van der Waals surface area contributed by atoms with E-state index in [-0.39, 0.29) is 11.8 Å². The number of amides is 1. The molecule has 0 saturated carbocycles. The molecule has 2 aromatic carbocycles. The molecule has 0 unspecified atom stereocenters. The van der Waals surface area contributed by atoms with Crippen molar-refractivity contribution in [3.05, 3.63) is 54.6 Å². The molecule has 0 atom stereocenters. The molecule has 0 spiro atoms. The molecule has 2 N–H and O–H groups in total. The molecule has 118 valence electrons. The van der Waals surface area contributed by atoms with Crippen LogP contribution >= 0.6 is 0 Å². The first kappa shape index (κ1) is 15.3. The highest BCUT2D eigenvalue weighted by atomic mass is 16.1. The SMILES string of the molecule is CCC(CC)C(=O)Nc1ccc(-c2cc3ccccc3[nH]2)cc1. The molecule has 3 aromatic rings. The number of carbonyl (C=O) groups is 1. The highest BCUT2D eigenvalue weighted by molar-refractivity contribution is 5.93. The van der Waals surface area contributed by atoms with Crippen molar-refractivity contribution in [3.63, 3.8) is 0 Å². The van der Waals surface area contributed by atoms with Crippen LogP contribution in [0, 0.1) is 5.92 Å². The monoisotopic (exact) mass is 306 g/mol. The van der Waals surface area contributed by atoms with Gasteiger partial charge in [0.15, 0.2) is 0 Å². The van der Waals surface area contributed by atoms with Gasteiger partial charge in [-0.05, 0) is 42.7 Å². The molecule has 3 heteroatoms. The van der Waals surface area contributed by atoms with Crippen molar-refractivity contribution in [2.24, 2.45) is 5.92 Å². The van der Waals surface area contributed by atoms with Gasteiger partial charge in [-0.2, -0.15) is 0 Å². The lowest BCUT2D eigenvalue weighted by atomic mass is 10.0. The van der Waals surface area contributed by atoms with Crippen LogP contribution in [0.1, 0.15) is 26.7 Å². The Morgan fingerprint density at radius 3 is 2.39 bits per heavy atom. The lowest BCUT2D eigenvalue weighted by molar-refractivity contribution is -0.120. The molecule has 1 aromatic heterocycles. The van der Waals surface area contributed by atoms with E-state index in [1.807, 2.05) is 50.2 Å². The molecule has 0 saturated heterocycles. The Bertz CT molecular complexity index is 765. The molecule has 0 bridgehead atoms. The summed E-state index contributed by atoms with van der Waals surface area (Å²) in [6.45, 7) is 4.10. The summed E-state index contributed by atoms with van der Waals surface area (Å²) in [6.07, 6.45) is 1.74. The van der Waals surface area contributed by atoms with Gasteiger partial charge in [0.2, 0.25) is 5.91 Å². The molecule has 0 aliphatic carbocycles. The molecule has 0 aliphatic rings. The molecule has 23 heavy (non-hydrogen) atoms. The largest absolute Gasteiger partial charge is 0.355 e. The predicted octanol–water partition coefficient (Wildman–Crippen LogP) is 5.21. The third-order valence-corrected chi connectivity index (χ3v) is 4.35. The molecular weight excluding hydrogens is 284 g/mol. The standard InChI is InChI=1S/C20H22N2O/c1-3-14(4-2)20(23)21-17-11-9-15(10-12-17)19-13-16-7-5-6-8-18(16)22-19/h5-14,22H,3-4H2,1-2H3,(H,21,23). The van der Waals surface area contributed by atoms with Gasteiger partial charge in [-0.25, -0.2) is 0 Å². The Kier molecular flexibility index (Phi) is 4.47. The zero-order valence-electron chi connectivity index (χ0n) is 13.6. The lowest BCUT2D eigenvalue weighted by Gasteiger charge is -2.12. The zero-order chi connectivity index (χ0) is 16.2. The van der Waals surface area contributed by atoms with Crippen molar-refractivity contribution in [1.29, 1.82) is 0 Å². The average Bonchev–Trinajstić information content (AvgIpc) is 3.00. The number of hydrogen-bond acceptors (Lipinski definition) is 1. The molecular formula is C20H22N2O. The Labute approximate surface area is 136 Å². The van der Waals surface area contributed by atoms with E-state index in [4.69, 9.17) is 0 Å². The number of aromatic nitrogens is 1. The molecule has 3 rings (SSSR count). The number of carbonyl (C=O) groups excluding carboxylic acids is 1. The van der Waals surface area contributed by atoms with E-state index in [0.29, 0.717) is 0 Å². The highest BCUT2D eigenvalue weighted by Gasteiger charge is 2.14. The van der Waals surface area contributed by atoms with Crippen molar-refractivity contribution in [3.8, 4) is 11.3 Å². The van der Waals surface area contributed by atoms with E-state index in [9.17, 15) is 4.79 Å². The number of hydrogen-bond donors (Lipinski definition) is 2. The van der Waals surface area contributed by atoms with Gasteiger partial charge >= 0.3 is 0 Å². The van der Waals surface area contributed by atoms with E-state index < -0.39 is 0 Å². The summed E-state index contributed by atoms with van der Waals surface area (Å²) in [5.41, 5.74) is 4.18. The van der Waals surface area contributed by atoms with Crippen molar-refractivity contribution in [2.75, 3.05) is 5.32 Å². The lowest BCUT2D eigenvalue weighted by Crippen LogP contribution is -2.21. The first-order chi connectivity index (χ1) is 11.2. The van der Waals surface area contributed by atoms with E-state index >= 15 is 0 Å². The number of nitrogens with one attached hydrogen (secondary N) is 2. The molecule has 1 amide bonds. The van der Waals surface area contributed by atoms with Crippen LogP contribution in [-0.2, 0) is 4.79 Å². The van der Waals surface area contributed by atoms with Gasteiger partial charge in [-0.1, -0.05) is 44.2 Å². The molecule has 0 aliphatic heterocycles. The van der Waals surface area contributed by atoms with Crippen LogP contribution in [0.4, 0.5) is 5.69 Å². The van der Waals surface area contributed by atoms with E-state index in [2.05, 4.69) is 28.5 Å². The fourth-order valence-electron chi connectivity index (χ4n) is 2.87. The van der Waals surface area contributed by atoms with E-state index in [1.54, 1.807) is 0 Å². The second-order valence-electron chi connectivity index (χ2n) is 5.85. The minimum absolute atomic E-state index is 0.0865. The summed E-state index contributed by atoms with van der Waals surface area (Å²) in [5.74, 6) is 0.191. The number of anilines is 1. The van der Waals surface area contributed by atoms with Gasteiger partial charge in [0.05, 0.1) is 0 Å². The van der Waals surface area contributed by atoms with Gasteiger partial charge in [0.25, 0.3) is 0 Å². The van der Waals surface area contributed by atoms with Gasteiger partial charge in [0.1, 0.15) is 0 Å². The summed E-state index contributed by atoms with van der Waals surface area (Å²) in [4.78, 5) is 15.6. The summed E-state index contributed by atoms with van der Waals surface area (Å²) in [5, 5.41) is 4.20. The third-order valence-electron chi connectivity index (χ3n) is 4.35. The van der Waals surface area contributed by atoms with Crippen LogP contribution in [0.3, 0.4) is 0 Å². The first-order valence-corrected chi connectivity index (χ1v) is 8.20. The number of rotatable bonds is 5. The second-order valence-corrected chi connectivity index (χ2v) is 5.85. The number of para-hydroxylation sites is 1. The molecule has 0 fully saturated rings. The average molecular weight is 306 g/mol. The van der Waals surface area contributed by atoms with Crippen LogP contribution in [0.5, 0.6) is 0 Å². The number of fused-ring (bicyclic) bond motifs is 1. The Morgan fingerprint density at radius 2 is 1.74 bits per heavy atom. The zero-order valence-corrected chi connectivity index (χ0v) is 13.6. The number of benzene rings is 2. The first-order valence-electron chi connectivity index (χ1n) is 8.20. The van der Waals surface area contributed by atoms with Crippen LogP contribution in [0.15, 0.2) is 54.6 Å². The van der Waals surface area contributed by atoms with Gasteiger partial charge in [-0.15, -0.1) is 0 Å². The van der Waals surface area contributed by atoms with Crippen LogP contribution in [-0.4, -0.2) is 10.9 Å². The van der Waals surface area contributed by atoms with Crippen molar-refractivity contribution in [2.45, 2.75) is 26.7 Å². The van der Waals surface area contributed by atoms with Gasteiger partial charge in [0, 0.05) is 28.2 Å². The topological polar surface area (TPSA) is 44.9 Å². The van der Waals surface area contributed by atoms with Gasteiger partial charge < -0.3 is 10.3 Å². The quantitative estimate of drug-likeness (QED) is 0.667. The molecule has 0 radical (unpaired) electrons. The van der Waals surface area contributed by atoms with Crippen LogP contribution in [0.2, 0.25) is 0 Å². The number of H-pyrrole nitrogens is 1. The smallest absolute Gasteiger partial charge is 0.227 e. The van der Waals surface area contributed by atoms with Crippen LogP contribution in [0.25, 0.3) is 22.2 Å². The highest BCUT2D eigenvalue weighted by Crippen LogP contribution is 2.25. The number of aromatic amines is 1. The summed E-state index contributed by atoms with van der Waals surface area (Å²) < 4.78 is 0. The predicted molar refractivity (Wildman–Crippen MR) is 96.4 cm³/mol. The van der Waals surface area contributed by atoms with Gasteiger partial charge in [-0.3, -0.25) is 4.79 Å². The van der Waals surface area contributed by atoms with E-state index in [1.165, 1.54) is 5.39 Å². The summed E-state index contributed by atoms with van der Waals surface area (Å²) >= 11 is 0. The summed E-state index contributed by atoms with van der Waals surface area (Å²) in [7, 11) is 0. The fraction of sp³-hybridized carbons (Fsp3) is 0.250. The van der Waals surface area contributed by atoms with Crippen molar-refractivity contribution < 1.29 is 4.79 Å². The maximum atomic E-state index is 12.1. The Morgan fingerprint density at radius 1 is 1.04 bits per heavy atom. The molecule has 3 nitrogen and oxygen atoms in total. The Balaban J connectivity index is 1.78.